The molecule has 0 saturated heterocycles. The van der Waals surface area contributed by atoms with Crippen molar-refractivity contribution in [2.24, 2.45) is 0 Å². The molecule has 0 atom stereocenters. The average Bonchev–Trinajstić information content (AvgIpc) is 2.62. The van der Waals surface area contributed by atoms with Gasteiger partial charge in [0.1, 0.15) is 0 Å². The van der Waals surface area contributed by atoms with Gasteiger partial charge in [0.05, 0.1) is 41.6 Å². The fraction of sp³-hybridized carbons (Fsp3) is 0.118. The lowest BCUT2D eigenvalue weighted by Gasteiger charge is -2.12. The number of ether oxygens (including phenoxy) is 2. The largest absolute Gasteiger partial charge is 0.465 e. The molecule has 2 rings (SSSR count). The second-order valence-electron chi connectivity index (χ2n) is 4.82. The Labute approximate surface area is 157 Å². The molecule has 0 aliphatic carbocycles. The van der Waals surface area contributed by atoms with Crippen molar-refractivity contribution in [3.8, 4) is 0 Å². The third kappa shape index (κ3) is 4.37. The second kappa shape index (κ2) is 8.13. The molecule has 0 heterocycles. The van der Waals surface area contributed by atoms with E-state index in [2.05, 4.69) is 26.0 Å². The first-order valence-corrected chi connectivity index (χ1v) is 8.11. The third-order valence-corrected chi connectivity index (χ3v) is 4.09. The van der Waals surface area contributed by atoms with Crippen molar-refractivity contribution in [1.82, 2.24) is 0 Å². The number of hydrogen-bond acceptors (Lipinski definition) is 5. The maximum absolute atomic E-state index is 12.5. The maximum atomic E-state index is 12.5. The van der Waals surface area contributed by atoms with Crippen LogP contribution < -0.4 is 5.32 Å². The molecule has 0 unspecified atom stereocenters. The number of hydrogen-bond donors (Lipinski definition) is 1. The van der Waals surface area contributed by atoms with E-state index in [9.17, 15) is 14.4 Å². The van der Waals surface area contributed by atoms with Crippen LogP contribution in [-0.4, -0.2) is 32.1 Å². The number of nitrogens with one attached hydrogen (secondary N) is 1. The Morgan fingerprint density at radius 1 is 0.960 bits per heavy atom. The van der Waals surface area contributed by atoms with E-state index in [1.165, 1.54) is 32.4 Å². The van der Waals surface area contributed by atoms with Crippen molar-refractivity contribution in [1.29, 1.82) is 0 Å². The minimum absolute atomic E-state index is 0.0922. The predicted molar refractivity (Wildman–Crippen MR) is 96.2 cm³/mol. The van der Waals surface area contributed by atoms with Gasteiger partial charge < -0.3 is 14.8 Å². The molecular formula is C17H13BrClNO5. The van der Waals surface area contributed by atoms with Gasteiger partial charge in [0, 0.05) is 4.47 Å². The third-order valence-electron chi connectivity index (χ3n) is 3.27. The van der Waals surface area contributed by atoms with Crippen LogP contribution in [0.1, 0.15) is 31.1 Å². The lowest BCUT2D eigenvalue weighted by Crippen LogP contribution is -2.17. The van der Waals surface area contributed by atoms with E-state index >= 15 is 0 Å². The molecule has 0 aromatic heterocycles. The van der Waals surface area contributed by atoms with Gasteiger partial charge in [0.25, 0.3) is 5.91 Å². The standard InChI is InChI=1S/C17H13BrClNO5/c1-24-16(22)9-3-5-11(17(23)25-2)14(7-9)20-15(21)12-8-10(18)4-6-13(12)19/h3-8H,1-2H3,(H,20,21). The van der Waals surface area contributed by atoms with Gasteiger partial charge in [0.2, 0.25) is 0 Å². The molecule has 0 saturated carbocycles. The summed E-state index contributed by atoms with van der Waals surface area (Å²) in [6, 6.07) is 8.90. The molecule has 0 aliphatic heterocycles. The Hall–Kier alpha value is -2.38. The summed E-state index contributed by atoms with van der Waals surface area (Å²) in [5.74, 6) is -1.81. The Kier molecular flexibility index (Phi) is 6.17. The molecule has 0 spiro atoms. The summed E-state index contributed by atoms with van der Waals surface area (Å²) in [6.07, 6.45) is 0. The number of rotatable bonds is 4. The molecule has 2 aromatic carbocycles. The highest BCUT2D eigenvalue weighted by Crippen LogP contribution is 2.24. The number of amides is 1. The normalized spacial score (nSPS) is 10.1. The summed E-state index contributed by atoms with van der Waals surface area (Å²) < 4.78 is 10.0. The van der Waals surface area contributed by atoms with E-state index in [-0.39, 0.29) is 27.4 Å². The van der Waals surface area contributed by atoms with Crippen LogP contribution in [0.5, 0.6) is 0 Å². The Bertz CT molecular complexity index is 853. The van der Waals surface area contributed by atoms with Crippen molar-refractivity contribution < 1.29 is 23.9 Å². The van der Waals surface area contributed by atoms with Crippen molar-refractivity contribution in [3.63, 3.8) is 0 Å². The summed E-state index contributed by atoms with van der Waals surface area (Å²) in [5.41, 5.74) is 0.575. The number of methoxy groups -OCH3 is 2. The van der Waals surface area contributed by atoms with Gasteiger partial charge in [-0.25, -0.2) is 9.59 Å². The Balaban J connectivity index is 2.44. The number of carbonyl (C=O) groups is 3. The van der Waals surface area contributed by atoms with Crippen molar-refractivity contribution in [3.05, 3.63) is 62.6 Å². The first kappa shape index (κ1) is 19.0. The van der Waals surface area contributed by atoms with Crippen LogP contribution in [0.25, 0.3) is 0 Å². The highest BCUT2D eigenvalue weighted by atomic mass is 79.9. The zero-order valence-corrected chi connectivity index (χ0v) is 15.6. The van der Waals surface area contributed by atoms with Gasteiger partial charge in [-0.2, -0.15) is 0 Å². The second-order valence-corrected chi connectivity index (χ2v) is 6.14. The summed E-state index contributed by atoms with van der Waals surface area (Å²) in [4.78, 5) is 36.1. The van der Waals surface area contributed by atoms with Crippen LogP contribution in [0.3, 0.4) is 0 Å². The SMILES string of the molecule is COC(=O)c1ccc(C(=O)OC)c(NC(=O)c2cc(Br)ccc2Cl)c1. The van der Waals surface area contributed by atoms with Crippen LogP contribution in [-0.2, 0) is 9.47 Å². The van der Waals surface area contributed by atoms with E-state index < -0.39 is 17.8 Å². The first-order chi connectivity index (χ1) is 11.9. The number of benzene rings is 2. The quantitative estimate of drug-likeness (QED) is 0.749. The topological polar surface area (TPSA) is 81.7 Å². The predicted octanol–water partition coefficient (Wildman–Crippen LogP) is 3.93. The van der Waals surface area contributed by atoms with Gasteiger partial charge in [-0.3, -0.25) is 4.79 Å². The average molecular weight is 427 g/mol. The van der Waals surface area contributed by atoms with Gasteiger partial charge in [0.15, 0.2) is 0 Å². The minimum Gasteiger partial charge on any atom is -0.465 e. The summed E-state index contributed by atoms with van der Waals surface area (Å²) in [5, 5.41) is 2.82. The van der Waals surface area contributed by atoms with Crippen LogP contribution in [0.15, 0.2) is 40.9 Å². The lowest BCUT2D eigenvalue weighted by molar-refractivity contribution is 0.0587. The summed E-state index contributed by atoms with van der Waals surface area (Å²) in [7, 11) is 2.45. The zero-order chi connectivity index (χ0) is 18.6. The van der Waals surface area contributed by atoms with Gasteiger partial charge in [-0.1, -0.05) is 27.5 Å². The van der Waals surface area contributed by atoms with Gasteiger partial charge in [-0.05, 0) is 36.4 Å². The molecule has 25 heavy (non-hydrogen) atoms. The fourth-order valence-electron chi connectivity index (χ4n) is 2.04. The number of anilines is 1. The highest BCUT2D eigenvalue weighted by Gasteiger charge is 2.19. The smallest absolute Gasteiger partial charge is 0.339 e. The number of esters is 2. The van der Waals surface area contributed by atoms with Crippen LogP contribution in [0.4, 0.5) is 5.69 Å². The molecule has 8 heteroatoms. The highest BCUT2D eigenvalue weighted by molar-refractivity contribution is 9.10. The van der Waals surface area contributed by atoms with Crippen LogP contribution in [0.2, 0.25) is 5.02 Å². The van der Waals surface area contributed by atoms with E-state index in [1.807, 2.05) is 0 Å². The van der Waals surface area contributed by atoms with Crippen LogP contribution >= 0.6 is 27.5 Å². The molecule has 1 N–H and O–H groups in total. The van der Waals surface area contributed by atoms with E-state index in [0.29, 0.717) is 4.47 Å². The van der Waals surface area contributed by atoms with Gasteiger partial charge >= 0.3 is 11.9 Å². The molecule has 0 radical (unpaired) electrons. The van der Waals surface area contributed by atoms with E-state index in [4.69, 9.17) is 16.3 Å². The van der Waals surface area contributed by atoms with Crippen molar-refractivity contribution in [2.75, 3.05) is 19.5 Å². The number of halogens is 2. The van der Waals surface area contributed by atoms with Crippen LogP contribution in [0, 0.1) is 0 Å². The Morgan fingerprint density at radius 3 is 2.28 bits per heavy atom. The van der Waals surface area contributed by atoms with E-state index in [1.54, 1.807) is 18.2 Å². The lowest BCUT2D eigenvalue weighted by atomic mass is 10.1. The fourth-order valence-corrected chi connectivity index (χ4v) is 2.61. The molecule has 130 valence electrons. The van der Waals surface area contributed by atoms with Crippen molar-refractivity contribution in [2.45, 2.75) is 0 Å². The van der Waals surface area contributed by atoms with E-state index in [0.717, 1.165) is 0 Å². The number of carbonyl (C=O) groups excluding carboxylic acids is 3. The summed E-state index contributed by atoms with van der Waals surface area (Å²) >= 11 is 9.31. The molecule has 0 bridgehead atoms. The monoisotopic (exact) mass is 425 g/mol. The molecule has 6 nitrogen and oxygen atoms in total. The maximum Gasteiger partial charge on any atom is 0.339 e. The Morgan fingerprint density at radius 2 is 1.64 bits per heavy atom. The molecule has 0 fully saturated rings. The molecule has 2 aromatic rings. The molecule has 1 amide bonds. The van der Waals surface area contributed by atoms with Crippen molar-refractivity contribution >= 4 is 51.1 Å². The first-order valence-electron chi connectivity index (χ1n) is 6.94. The van der Waals surface area contributed by atoms with Gasteiger partial charge in [-0.15, -0.1) is 0 Å². The molecular weight excluding hydrogens is 414 g/mol. The summed E-state index contributed by atoms with van der Waals surface area (Å²) in [6.45, 7) is 0. The zero-order valence-electron chi connectivity index (χ0n) is 13.3. The minimum atomic E-state index is -0.660. The molecule has 0 aliphatic rings.